The van der Waals surface area contributed by atoms with E-state index in [9.17, 15) is 9.90 Å². The third kappa shape index (κ3) is 7.04. The van der Waals surface area contributed by atoms with Gasteiger partial charge in [-0.15, -0.1) is 40.5 Å². The smallest absolute Gasteiger partial charge is 0.164 e. The van der Waals surface area contributed by atoms with Gasteiger partial charge in [0, 0.05) is 74.5 Å². The topological polar surface area (TPSA) is 63.3 Å². The van der Waals surface area contributed by atoms with Crippen LogP contribution >= 0.6 is 11.3 Å². The first-order valence-corrected chi connectivity index (χ1v) is 17.7. The maximum Gasteiger partial charge on any atom is 0.164 e. The molecule has 0 atom stereocenters. The van der Waals surface area contributed by atoms with Crippen LogP contribution in [-0.4, -0.2) is 15.9 Å². The van der Waals surface area contributed by atoms with E-state index in [4.69, 9.17) is 9.40 Å². The van der Waals surface area contributed by atoms with E-state index in [0.29, 0.717) is 0 Å². The molecule has 3 heterocycles. The average Bonchev–Trinajstić information content (AvgIpc) is 3.71. The summed E-state index contributed by atoms with van der Waals surface area (Å²) < 4.78 is 8.25. The maximum absolute atomic E-state index is 12.2. The van der Waals surface area contributed by atoms with Crippen LogP contribution in [0.3, 0.4) is 0 Å². The number of hydrogen-bond donors (Lipinski definition) is 1. The Labute approximate surface area is 303 Å². The van der Waals surface area contributed by atoms with Crippen LogP contribution in [0.5, 0.6) is 0 Å². The average molecular weight is 839 g/mol. The fraction of sp³-hybridized carbons (Fsp3) is 0.381. The molecule has 1 N–H and O–H groups in total. The van der Waals surface area contributed by atoms with Crippen molar-refractivity contribution in [1.82, 2.24) is 4.98 Å². The number of aromatic nitrogens is 1. The molecule has 0 spiro atoms. The Morgan fingerprint density at radius 1 is 0.896 bits per heavy atom. The Bertz CT molecular complexity index is 2090. The van der Waals surface area contributed by atoms with Gasteiger partial charge >= 0.3 is 0 Å². The van der Waals surface area contributed by atoms with Crippen LogP contribution in [0.15, 0.2) is 83.3 Å². The monoisotopic (exact) mass is 839 g/mol. The molecule has 48 heavy (non-hydrogen) atoms. The minimum Gasteiger partial charge on any atom is -0.512 e. The zero-order chi connectivity index (χ0) is 34.1. The summed E-state index contributed by atoms with van der Waals surface area (Å²) >= 11 is 1.78. The quantitative estimate of drug-likeness (QED) is 0.0942. The predicted molar refractivity (Wildman–Crippen MR) is 200 cm³/mol. The summed E-state index contributed by atoms with van der Waals surface area (Å²) in [7, 11) is 0. The van der Waals surface area contributed by atoms with Gasteiger partial charge in [0.15, 0.2) is 5.78 Å². The summed E-state index contributed by atoms with van der Waals surface area (Å²) in [5, 5.41) is 16.0. The number of ketones is 1. The number of furan rings is 1. The molecule has 6 heteroatoms. The summed E-state index contributed by atoms with van der Waals surface area (Å²) in [6, 6.07) is 22.9. The van der Waals surface area contributed by atoms with Gasteiger partial charge in [0.1, 0.15) is 11.3 Å². The first-order valence-electron chi connectivity index (χ1n) is 16.9. The van der Waals surface area contributed by atoms with Crippen molar-refractivity contribution in [1.29, 1.82) is 0 Å². The third-order valence-corrected chi connectivity index (χ3v) is 11.6. The van der Waals surface area contributed by atoms with Gasteiger partial charge in [0.2, 0.25) is 0 Å². The molecule has 0 bridgehead atoms. The Kier molecular flexibility index (Phi) is 11.5. The molecule has 6 rings (SSSR count). The fourth-order valence-corrected chi connectivity index (χ4v) is 7.27. The van der Waals surface area contributed by atoms with Crippen LogP contribution in [0.25, 0.3) is 53.2 Å². The molecule has 0 saturated carbocycles. The van der Waals surface area contributed by atoms with E-state index in [2.05, 4.69) is 75.4 Å². The Morgan fingerprint density at radius 3 is 2.21 bits per heavy atom. The fourth-order valence-electron chi connectivity index (χ4n) is 6.07. The Balaban J connectivity index is 0.000000251. The van der Waals surface area contributed by atoms with E-state index >= 15 is 0 Å². The SMILES string of the molecule is CC(C)(C)c1cc(-c2nccc3c2sc2ccc4ccoc4c23)[c-]c2ccccc12.CCC(C)(CC)C(=O)/C=C(\O)C(C)(CC)CC.[Ir]. The number of carbonyl (C=O) groups excluding carboxylic acids is 1. The molecule has 0 unspecified atom stereocenters. The predicted octanol–water partition coefficient (Wildman–Crippen LogP) is 12.8. The zero-order valence-electron chi connectivity index (χ0n) is 29.7. The first-order chi connectivity index (χ1) is 22.3. The molecule has 0 saturated heterocycles. The second-order valence-electron chi connectivity index (χ2n) is 14.2. The molecule has 3 aromatic carbocycles. The molecule has 0 fully saturated rings. The van der Waals surface area contributed by atoms with Gasteiger partial charge < -0.3 is 9.52 Å². The molecular formula is C42H48IrNO3S-. The van der Waals surface area contributed by atoms with E-state index in [0.717, 1.165) is 53.3 Å². The Hall–Kier alpha value is -3.31. The molecule has 4 nitrogen and oxygen atoms in total. The molecule has 0 amide bonds. The van der Waals surface area contributed by atoms with Crippen LogP contribution in [0.1, 0.15) is 93.6 Å². The molecule has 0 aliphatic rings. The van der Waals surface area contributed by atoms with Gasteiger partial charge in [-0.05, 0) is 55.4 Å². The normalized spacial score (nSPS) is 12.7. The van der Waals surface area contributed by atoms with E-state index in [1.807, 2.05) is 53.8 Å². The Morgan fingerprint density at radius 2 is 1.56 bits per heavy atom. The van der Waals surface area contributed by atoms with Crippen LogP contribution in [0, 0.1) is 16.9 Å². The number of hydrogen-bond acceptors (Lipinski definition) is 5. The van der Waals surface area contributed by atoms with Gasteiger partial charge in [-0.1, -0.05) is 91.5 Å². The van der Waals surface area contributed by atoms with Crippen molar-refractivity contribution in [3.63, 3.8) is 0 Å². The van der Waals surface area contributed by atoms with Crippen LogP contribution < -0.4 is 0 Å². The number of allylic oxidation sites excluding steroid dienone is 2. The number of aliphatic hydroxyl groups excluding tert-OH is 1. The molecule has 1 radical (unpaired) electrons. The van der Waals surface area contributed by atoms with Gasteiger partial charge in [0.05, 0.1) is 6.26 Å². The molecule has 3 aromatic heterocycles. The van der Waals surface area contributed by atoms with Gasteiger partial charge in [-0.3, -0.25) is 9.78 Å². The largest absolute Gasteiger partial charge is 0.512 e. The minimum atomic E-state index is -0.337. The number of rotatable bonds is 8. The summed E-state index contributed by atoms with van der Waals surface area (Å²) in [5.41, 5.74) is 3.73. The van der Waals surface area contributed by atoms with Gasteiger partial charge in [-0.25, -0.2) is 0 Å². The second kappa shape index (κ2) is 14.7. The zero-order valence-corrected chi connectivity index (χ0v) is 32.9. The van der Waals surface area contributed by atoms with Crippen molar-refractivity contribution in [2.24, 2.45) is 10.8 Å². The number of nitrogens with zero attached hydrogens (tertiary/aromatic N) is 1. The molecule has 255 valence electrons. The number of thiophene rings is 1. The molecule has 6 aromatic rings. The van der Waals surface area contributed by atoms with Crippen LogP contribution in [0.2, 0.25) is 0 Å². The third-order valence-electron chi connectivity index (χ3n) is 10.4. The van der Waals surface area contributed by atoms with Crippen LogP contribution in [-0.2, 0) is 30.3 Å². The van der Waals surface area contributed by atoms with E-state index < -0.39 is 0 Å². The van der Waals surface area contributed by atoms with Crippen LogP contribution in [0.4, 0.5) is 0 Å². The standard InChI is InChI=1S/C27H20NOS.C15H28O2.Ir/c1-27(2,3)21-15-18(14-17-6-4-5-7-19(17)21)24-26-20(10-12-28-24)23-22(30-26)9-8-16-11-13-29-25(16)23;1-7-14(5,8-2)12(16)11-13(17)15(6,9-3)10-4;/h4-13,15H,1-3H3;11,16H,7-10H2,1-6H3;/q-1;;/b;12-11-;. The van der Waals surface area contributed by atoms with Crippen molar-refractivity contribution < 1.29 is 34.4 Å². The summed E-state index contributed by atoms with van der Waals surface area (Å²) in [4.78, 5) is 17.0. The van der Waals surface area contributed by atoms with Crippen molar-refractivity contribution in [3.8, 4) is 11.3 Å². The second-order valence-corrected chi connectivity index (χ2v) is 15.3. The number of pyridine rings is 1. The van der Waals surface area contributed by atoms with Crippen molar-refractivity contribution in [2.75, 3.05) is 0 Å². The molecule has 0 aliphatic heterocycles. The number of benzene rings is 3. The van der Waals surface area contributed by atoms with Gasteiger partial charge in [0.25, 0.3) is 0 Å². The summed E-state index contributed by atoms with van der Waals surface area (Å²) in [6.45, 7) is 18.9. The van der Waals surface area contributed by atoms with Crippen molar-refractivity contribution >= 4 is 59.0 Å². The number of fused-ring (bicyclic) bond motifs is 6. The maximum atomic E-state index is 12.2. The number of carbonyl (C=O) groups is 1. The minimum absolute atomic E-state index is 0. The summed E-state index contributed by atoms with van der Waals surface area (Å²) in [5.74, 6) is 0.286. The van der Waals surface area contributed by atoms with E-state index in [-0.39, 0.29) is 47.9 Å². The van der Waals surface area contributed by atoms with E-state index in [1.165, 1.54) is 37.2 Å². The molecule has 0 aliphatic carbocycles. The number of aliphatic hydroxyl groups is 1. The first kappa shape index (κ1) is 37.5. The summed E-state index contributed by atoms with van der Waals surface area (Å²) in [6.07, 6.45) is 8.43. The van der Waals surface area contributed by atoms with Gasteiger partial charge in [-0.2, -0.15) is 0 Å². The van der Waals surface area contributed by atoms with Crippen molar-refractivity contribution in [3.05, 3.63) is 90.5 Å². The van der Waals surface area contributed by atoms with Crippen molar-refractivity contribution in [2.45, 2.75) is 93.4 Å². The molecular weight excluding hydrogens is 791 g/mol. The van der Waals surface area contributed by atoms with E-state index in [1.54, 1.807) is 17.6 Å².